The van der Waals surface area contributed by atoms with Crippen LogP contribution in [0.25, 0.3) is 0 Å². The Bertz CT molecular complexity index is 1050. The lowest BCUT2D eigenvalue weighted by Crippen LogP contribution is -2.70. The molecule has 3 N–H and O–H groups in total. The zero-order valence-corrected chi connectivity index (χ0v) is 26.6. The summed E-state index contributed by atoms with van der Waals surface area (Å²) in [6.45, 7) is 13.4. The van der Waals surface area contributed by atoms with Crippen LogP contribution in [0.15, 0.2) is 0 Å². The van der Waals surface area contributed by atoms with Crippen molar-refractivity contribution < 1.29 is 48.3 Å². The monoisotopic (exact) mass is 610 g/mol. The number of rotatable bonds is 12. The maximum absolute atomic E-state index is 13.0. The summed E-state index contributed by atoms with van der Waals surface area (Å²) < 4.78 is 18.4. The van der Waals surface area contributed by atoms with Crippen LogP contribution in [-0.4, -0.2) is 64.9 Å². The number of esters is 1. The highest BCUT2D eigenvalue weighted by atomic mass is 17.3. The Hall–Kier alpha value is -2.28. The molecule has 2 unspecified atom stereocenters. The molecule has 12 nitrogen and oxygen atoms in total. The average Bonchev–Trinajstić information content (AvgIpc) is 3.17. The number of carbonyl (C=O) groups is 4. The molecule has 5 rings (SSSR count). The minimum atomic E-state index is -1.13. The number of nitrogens with one attached hydrogen (secondary N) is 2. The smallest absolute Gasteiger partial charge is 0.326 e. The molecule has 12 heteroatoms. The highest BCUT2D eigenvalue weighted by Crippen LogP contribution is 2.60. The van der Waals surface area contributed by atoms with Gasteiger partial charge in [0.2, 0.25) is 23.9 Å². The topological polar surface area (TPSA) is 159 Å². The number of hydrogen-bond donors (Lipinski definition) is 3. The minimum Gasteiger partial charge on any atom is -0.480 e. The summed E-state index contributed by atoms with van der Waals surface area (Å²) in [6.07, 6.45) is 2.31. The van der Waals surface area contributed by atoms with Crippen molar-refractivity contribution in [1.82, 2.24) is 10.6 Å². The van der Waals surface area contributed by atoms with E-state index in [0.29, 0.717) is 25.2 Å². The van der Waals surface area contributed by atoms with Gasteiger partial charge in [-0.1, -0.05) is 48.0 Å². The van der Waals surface area contributed by atoms with E-state index < -0.39 is 59.8 Å². The summed E-state index contributed by atoms with van der Waals surface area (Å²) in [5, 5.41) is 14.8. The first-order valence-corrected chi connectivity index (χ1v) is 15.9. The van der Waals surface area contributed by atoms with Gasteiger partial charge in [-0.3, -0.25) is 14.4 Å². The van der Waals surface area contributed by atoms with Crippen LogP contribution in [0.1, 0.15) is 99.8 Å². The molecule has 4 aliphatic heterocycles. The molecule has 1 saturated carbocycles. The zero-order chi connectivity index (χ0) is 31.7. The van der Waals surface area contributed by atoms with Crippen molar-refractivity contribution in [3.63, 3.8) is 0 Å². The summed E-state index contributed by atoms with van der Waals surface area (Å²) in [5.74, 6) is -3.55. The number of fused-ring (bicyclic) bond motifs is 2. The molecule has 11 atom stereocenters. The summed E-state index contributed by atoms with van der Waals surface area (Å²) in [5.41, 5.74) is -0.767. The fourth-order valence-electron chi connectivity index (χ4n) is 7.32. The lowest BCUT2D eigenvalue weighted by atomic mass is 9.58. The minimum absolute atomic E-state index is 0.00319. The lowest BCUT2D eigenvalue weighted by Gasteiger charge is -2.59. The Morgan fingerprint density at radius 2 is 1.72 bits per heavy atom. The number of carboxylic acid groups (broad SMARTS) is 1. The second kappa shape index (κ2) is 13.4. The molecule has 5 aliphatic rings. The molecule has 1 spiro atoms. The van der Waals surface area contributed by atoms with Crippen LogP contribution >= 0.6 is 0 Å². The van der Waals surface area contributed by atoms with Crippen LogP contribution in [0, 0.1) is 35.5 Å². The highest BCUT2D eigenvalue weighted by Gasteiger charge is 2.69. The maximum Gasteiger partial charge on any atom is 0.326 e. The van der Waals surface area contributed by atoms with Crippen LogP contribution < -0.4 is 10.6 Å². The van der Waals surface area contributed by atoms with Crippen LogP contribution in [0.5, 0.6) is 0 Å². The molecule has 244 valence electrons. The van der Waals surface area contributed by atoms with E-state index >= 15 is 0 Å². The van der Waals surface area contributed by atoms with Gasteiger partial charge in [0.25, 0.3) is 0 Å². The molecule has 0 aromatic carbocycles. The van der Waals surface area contributed by atoms with E-state index in [-0.39, 0.29) is 42.4 Å². The average molecular weight is 611 g/mol. The van der Waals surface area contributed by atoms with E-state index in [1.54, 1.807) is 6.92 Å². The van der Waals surface area contributed by atoms with E-state index in [2.05, 4.69) is 17.6 Å². The van der Waals surface area contributed by atoms with Crippen molar-refractivity contribution in [2.45, 2.75) is 136 Å². The largest absolute Gasteiger partial charge is 0.480 e. The van der Waals surface area contributed by atoms with Gasteiger partial charge < -0.3 is 30.0 Å². The summed E-state index contributed by atoms with van der Waals surface area (Å²) >= 11 is 0. The van der Waals surface area contributed by atoms with E-state index in [9.17, 15) is 24.3 Å². The van der Waals surface area contributed by atoms with Crippen LogP contribution in [0.2, 0.25) is 0 Å². The molecule has 4 saturated heterocycles. The first-order chi connectivity index (χ1) is 20.2. The van der Waals surface area contributed by atoms with Crippen LogP contribution in [0.3, 0.4) is 0 Å². The van der Waals surface area contributed by atoms with Crippen molar-refractivity contribution in [3.8, 4) is 0 Å². The zero-order valence-electron chi connectivity index (χ0n) is 26.6. The van der Waals surface area contributed by atoms with E-state index in [4.69, 9.17) is 24.0 Å². The van der Waals surface area contributed by atoms with Gasteiger partial charge in [-0.15, -0.1) is 0 Å². The number of ether oxygens (including phenoxy) is 3. The Labute approximate surface area is 254 Å². The summed E-state index contributed by atoms with van der Waals surface area (Å²) in [4.78, 5) is 62.4. The number of hydrogen-bond acceptors (Lipinski definition) is 9. The molecule has 4 heterocycles. The molecular formula is C31H50N2O10. The number of carbonyl (C=O) groups excluding carboxylic acids is 3. The maximum atomic E-state index is 13.0. The fourth-order valence-corrected chi connectivity index (χ4v) is 7.32. The molecule has 2 bridgehead atoms. The van der Waals surface area contributed by atoms with Gasteiger partial charge >= 0.3 is 11.9 Å². The first kappa shape index (κ1) is 33.6. The van der Waals surface area contributed by atoms with Crippen molar-refractivity contribution in [1.29, 1.82) is 0 Å². The third-order valence-corrected chi connectivity index (χ3v) is 10.0. The molecule has 0 aromatic rings. The van der Waals surface area contributed by atoms with Crippen molar-refractivity contribution in [2.24, 2.45) is 35.5 Å². The first-order valence-electron chi connectivity index (χ1n) is 15.9. The van der Waals surface area contributed by atoms with Crippen molar-refractivity contribution in [3.05, 3.63) is 0 Å². The molecule has 0 aromatic heterocycles. The Morgan fingerprint density at radius 3 is 2.37 bits per heavy atom. The molecule has 2 amide bonds. The molecule has 1 aliphatic carbocycles. The van der Waals surface area contributed by atoms with Crippen molar-refractivity contribution >= 4 is 23.8 Å². The lowest BCUT2D eigenvalue weighted by molar-refractivity contribution is -0.576. The fraction of sp³-hybridized carbons (Fsp3) is 0.871. The Morgan fingerprint density at radius 1 is 1.00 bits per heavy atom. The molecule has 0 radical (unpaired) electrons. The van der Waals surface area contributed by atoms with Crippen molar-refractivity contribution in [2.75, 3.05) is 0 Å². The summed E-state index contributed by atoms with van der Waals surface area (Å²) in [7, 11) is 0. The molecule has 5 fully saturated rings. The summed E-state index contributed by atoms with van der Waals surface area (Å²) in [6, 6.07) is -1.99. The van der Waals surface area contributed by atoms with Crippen LogP contribution in [-0.2, 0) is 43.2 Å². The Kier molecular flexibility index (Phi) is 10.5. The van der Waals surface area contributed by atoms with Gasteiger partial charge in [0.05, 0.1) is 6.42 Å². The van der Waals surface area contributed by atoms with E-state index in [1.807, 2.05) is 34.6 Å². The van der Waals surface area contributed by atoms with Gasteiger partial charge in [0, 0.05) is 24.7 Å². The SMILES string of the molecule is CCC(C)[C@H](NC(=O)[C@H](CC(C)C)NC(=O)CCC(=O)O[C@@H]1O[C@@H]2OC3(C)CC[C@H]4[C@H](C)CC[C@@H]([C@H]1C)[C@@]24OO3)C(=O)O. The Balaban J connectivity index is 1.35. The van der Waals surface area contributed by atoms with Gasteiger partial charge in [0.15, 0.2) is 11.9 Å². The van der Waals surface area contributed by atoms with E-state index in [0.717, 1.165) is 19.3 Å². The van der Waals surface area contributed by atoms with Gasteiger partial charge in [-0.25, -0.2) is 14.6 Å². The third-order valence-electron chi connectivity index (χ3n) is 10.0. The number of carboxylic acids is 1. The predicted octanol–water partition coefficient (Wildman–Crippen LogP) is 3.66. The number of aliphatic carboxylic acids is 1. The number of amides is 2. The van der Waals surface area contributed by atoms with Gasteiger partial charge in [0.1, 0.15) is 12.1 Å². The van der Waals surface area contributed by atoms with Crippen LogP contribution in [0.4, 0.5) is 0 Å². The highest BCUT2D eigenvalue weighted by molar-refractivity contribution is 5.91. The predicted molar refractivity (Wildman–Crippen MR) is 153 cm³/mol. The quantitative estimate of drug-likeness (QED) is 0.220. The standard InChI is InChI=1S/C31H50N2O10/c1-8-17(4)25(27(37)38)33-26(36)22(15-16(2)3)32-23(34)11-12-24(35)39-28-19(6)21-10-9-18(5)20-13-14-30(7)41-29(40-28)31(20,21)43-42-30/h16-22,25,28-29H,8-15H2,1-7H3,(H,32,34)(H,33,36)(H,37,38)/t17?,18-,19-,20+,21+,22+,25+,28-,29-,30?,31-/m1/s1. The normalized spacial score (nSPS) is 36.9. The van der Waals surface area contributed by atoms with Gasteiger partial charge in [-0.2, -0.15) is 0 Å². The van der Waals surface area contributed by atoms with E-state index in [1.165, 1.54) is 0 Å². The molecule has 43 heavy (non-hydrogen) atoms. The molecular weight excluding hydrogens is 560 g/mol. The van der Waals surface area contributed by atoms with Gasteiger partial charge in [-0.05, 0) is 56.3 Å². The second-order valence-electron chi connectivity index (χ2n) is 13.7. The third kappa shape index (κ3) is 7.02. The second-order valence-corrected chi connectivity index (χ2v) is 13.7.